The summed E-state index contributed by atoms with van der Waals surface area (Å²) in [7, 11) is 1.89. The maximum Gasteiger partial charge on any atom is 0.225 e. The van der Waals surface area contributed by atoms with E-state index in [1.54, 1.807) is 11.3 Å². The number of fused-ring (bicyclic) bond motifs is 1. The van der Waals surface area contributed by atoms with Crippen molar-refractivity contribution < 1.29 is 0 Å². The zero-order valence-corrected chi connectivity index (χ0v) is 13.6. The molecule has 0 unspecified atom stereocenters. The van der Waals surface area contributed by atoms with E-state index in [-0.39, 0.29) is 0 Å². The molecule has 0 aliphatic carbocycles. The molecule has 1 aliphatic rings. The molecule has 4 nitrogen and oxygen atoms in total. The van der Waals surface area contributed by atoms with Crippen molar-refractivity contribution in [3.63, 3.8) is 0 Å². The van der Waals surface area contributed by atoms with Gasteiger partial charge in [0, 0.05) is 30.8 Å². The molecular weight excluding hydrogens is 288 g/mol. The molecule has 108 valence electrons. The predicted octanol–water partition coefficient (Wildman–Crippen LogP) is 3.24. The third-order valence-corrected chi connectivity index (χ3v) is 5.74. The van der Waals surface area contributed by atoms with Gasteiger partial charge < -0.3 is 10.2 Å². The Bertz CT molecular complexity index is 588. The van der Waals surface area contributed by atoms with Crippen molar-refractivity contribution in [3.8, 4) is 0 Å². The lowest BCUT2D eigenvalue weighted by Gasteiger charge is -2.22. The van der Waals surface area contributed by atoms with Crippen molar-refractivity contribution in [2.75, 3.05) is 41.9 Å². The third kappa shape index (κ3) is 2.72. The van der Waals surface area contributed by atoms with E-state index in [9.17, 15) is 0 Å². The van der Waals surface area contributed by atoms with E-state index in [1.807, 2.05) is 18.8 Å². The molecule has 1 aliphatic heterocycles. The van der Waals surface area contributed by atoms with E-state index >= 15 is 0 Å². The highest BCUT2D eigenvalue weighted by Gasteiger charge is 2.18. The number of thioether (sulfide) groups is 1. The molecule has 0 aromatic carbocycles. The summed E-state index contributed by atoms with van der Waals surface area (Å²) in [6.07, 6.45) is 2.29. The SMILES string of the molecule is CCc1cc2c(N3CCCSCC3)nc(NC)nc2s1. The predicted molar refractivity (Wildman–Crippen MR) is 90.5 cm³/mol. The van der Waals surface area contributed by atoms with Crippen LogP contribution in [0.4, 0.5) is 11.8 Å². The quantitative estimate of drug-likeness (QED) is 0.942. The van der Waals surface area contributed by atoms with Crippen molar-refractivity contribution >= 4 is 45.1 Å². The summed E-state index contributed by atoms with van der Waals surface area (Å²) < 4.78 is 0. The minimum atomic E-state index is 0.730. The lowest BCUT2D eigenvalue weighted by Crippen LogP contribution is -2.26. The van der Waals surface area contributed by atoms with Gasteiger partial charge in [-0.15, -0.1) is 11.3 Å². The molecule has 20 heavy (non-hydrogen) atoms. The number of hydrogen-bond donors (Lipinski definition) is 1. The number of rotatable bonds is 3. The molecule has 2 aromatic rings. The van der Waals surface area contributed by atoms with Crippen LogP contribution in [0.3, 0.4) is 0 Å². The highest BCUT2D eigenvalue weighted by molar-refractivity contribution is 7.99. The maximum atomic E-state index is 4.73. The Morgan fingerprint density at radius 1 is 1.30 bits per heavy atom. The fraction of sp³-hybridized carbons (Fsp3) is 0.571. The van der Waals surface area contributed by atoms with Crippen LogP contribution in [-0.2, 0) is 6.42 Å². The van der Waals surface area contributed by atoms with Crippen molar-refractivity contribution in [1.29, 1.82) is 0 Å². The first-order valence-electron chi connectivity index (χ1n) is 7.12. The van der Waals surface area contributed by atoms with E-state index in [0.29, 0.717) is 0 Å². The average Bonchev–Trinajstić information content (AvgIpc) is 2.71. The highest BCUT2D eigenvalue weighted by Crippen LogP contribution is 2.33. The van der Waals surface area contributed by atoms with Gasteiger partial charge in [-0.05, 0) is 24.7 Å². The lowest BCUT2D eigenvalue weighted by molar-refractivity contribution is 0.804. The van der Waals surface area contributed by atoms with Crippen LogP contribution in [0, 0.1) is 0 Å². The molecular formula is C14H20N4S2. The van der Waals surface area contributed by atoms with Crippen molar-refractivity contribution in [3.05, 3.63) is 10.9 Å². The molecule has 1 saturated heterocycles. The molecule has 1 fully saturated rings. The smallest absolute Gasteiger partial charge is 0.225 e. The van der Waals surface area contributed by atoms with E-state index in [4.69, 9.17) is 4.98 Å². The van der Waals surface area contributed by atoms with Gasteiger partial charge in [0.15, 0.2) is 0 Å². The summed E-state index contributed by atoms with van der Waals surface area (Å²) in [4.78, 5) is 14.3. The molecule has 3 rings (SSSR count). The van der Waals surface area contributed by atoms with Crippen LogP contribution in [0.5, 0.6) is 0 Å². The first-order chi connectivity index (χ1) is 9.81. The Morgan fingerprint density at radius 2 is 2.20 bits per heavy atom. The molecule has 3 heterocycles. The Balaban J connectivity index is 2.08. The summed E-state index contributed by atoms with van der Waals surface area (Å²) in [6.45, 7) is 4.37. The lowest BCUT2D eigenvalue weighted by atomic mass is 10.3. The second-order valence-electron chi connectivity index (χ2n) is 4.86. The molecule has 2 aromatic heterocycles. The van der Waals surface area contributed by atoms with Gasteiger partial charge in [0.2, 0.25) is 5.95 Å². The number of aromatic nitrogens is 2. The van der Waals surface area contributed by atoms with E-state index in [1.165, 1.54) is 28.2 Å². The minimum absolute atomic E-state index is 0.730. The van der Waals surface area contributed by atoms with Crippen LogP contribution in [0.2, 0.25) is 0 Å². The first kappa shape index (κ1) is 13.9. The number of hydrogen-bond acceptors (Lipinski definition) is 6. The van der Waals surface area contributed by atoms with Crippen LogP contribution in [0.25, 0.3) is 10.2 Å². The summed E-state index contributed by atoms with van der Waals surface area (Å²) in [5.41, 5.74) is 0. The van der Waals surface area contributed by atoms with Gasteiger partial charge in [0.1, 0.15) is 10.6 Å². The molecule has 0 saturated carbocycles. The van der Waals surface area contributed by atoms with Crippen molar-refractivity contribution in [1.82, 2.24) is 9.97 Å². The van der Waals surface area contributed by atoms with Crippen LogP contribution in [-0.4, -0.2) is 41.6 Å². The molecule has 0 spiro atoms. The normalized spacial score (nSPS) is 16.4. The van der Waals surface area contributed by atoms with Gasteiger partial charge in [-0.1, -0.05) is 6.92 Å². The summed E-state index contributed by atoms with van der Waals surface area (Å²) in [5, 5.41) is 4.31. The average molecular weight is 308 g/mol. The summed E-state index contributed by atoms with van der Waals surface area (Å²) >= 11 is 3.83. The largest absolute Gasteiger partial charge is 0.357 e. The monoisotopic (exact) mass is 308 g/mol. The van der Waals surface area contributed by atoms with E-state index in [2.05, 4.69) is 28.2 Å². The fourth-order valence-corrected chi connectivity index (χ4v) is 4.29. The van der Waals surface area contributed by atoms with Gasteiger partial charge in [-0.2, -0.15) is 16.7 Å². The topological polar surface area (TPSA) is 41.1 Å². The fourth-order valence-electron chi connectivity index (χ4n) is 2.44. The standard InChI is InChI=1S/C14H20N4S2/c1-3-10-9-11-12(18-5-4-7-19-8-6-18)16-14(15-2)17-13(11)20-10/h9H,3-8H2,1-2H3,(H,15,16,17). The first-order valence-corrected chi connectivity index (χ1v) is 9.10. The molecule has 0 atom stereocenters. The number of thiophene rings is 1. The Kier molecular flexibility index (Phi) is 4.31. The van der Waals surface area contributed by atoms with E-state index in [0.717, 1.165) is 36.1 Å². The summed E-state index contributed by atoms with van der Waals surface area (Å²) in [6, 6.07) is 2.27. The van der Waals surface area contributed by atoms with Gasteiger partial charge in [0.05, 0.1) is 5.39 Å². The molecule has 0 bridgehead atoms. The maximum absolute atomic E-state index is 4.73. The second kappa shape index (κ2) is 6.18. The number of anilines is 2. The Labute approximate surface area is 128 Å². The zero-order chi connectivity index (χ0) is 13.9. The molecule has 1 N–H and O–H groups in total. The van der Waals surface area contributed by atoms with Crippen LogP contribution >= 0.6 is 23.1 Å². The van der Waals surface area contributed by atoms with Crippen molar-refractivity contribution in [2.45, 2.75) is 19.8 Å². The van der Waals surface area contributed by atoms with Crippen LogP contribution in [0.15, 0.2) is 6.07 Å². The number of nitrogens with one attached hydrogen (secondary N) is 1. The minimum Gasteiger partial charge on any atom is -0.357 e. The van der Waals surface area contributed by atoms with Gasteiger partial charge in [0.25, 0.3) is 0 Å². The number of aryl methyl sites for hydroxylation is 1. The molecule has 0 amide bonds. The van der Waals surface area contributed by atoms with E-state index < -0.39 is 0 Å². The third-order valence-electron chi connectivity index (χ3n) is 3.52. The zero-order valence-electron chi connectivity index (χ0n) is 12.0. The van der Waals surface area contributed by atoms with Crippen LogP contribution < -0.4 is 10.2 Å². The molecule has 0 radical (unpaired) electrons. The number of nitrogens with zero attached hydrogens (tertiary/aromatic N) is 3. The van der Waals surface area contributed by atoms with Gasteiger partial charge in [-0.25, -0.2) is 4.98 Å². The second-order valence-corrected chi connectivity index (χ2v) is 7.20. The summed E-state index contributed by atoms with van der Waals surface area (Å²) in [5.74, 6) is 4.28. The highest BCUT2D eigenvalue weighted by atomic mass is 32.2. The Hall–Kier alpha value is -1.01. The Morgan fingerprint density at radius 3 is 3.00 bits per heavy atom. The molecule has 6 heteroatoms. The van der Waals surface area contributed by atoms with Gasteiger partial charge in [-0.3, -0.25) is 0 Å². The van der Waals surface area contributed by atoms with Crippen LogP contribution in [0.1, 0.15) is 18.2 Å². The van der Waals surface area contributed by atoms with Crippen molar-refractivity contribution in [2.24, 2.45) is 0 Å². The van der Waals surface area contributed by atoms with Gasteiger partial charge >= 0.3 is 0 Å².